The second kappa shape index (κ2) is 5.52. The van der Waals surface area contributed by atoms with Gasteiger partial charge in [-0.15, -0.1) is 0 Å². The average Bonchev–Trinajstić information content (AvgIpc) is 2.16. The minimum absolute atomic E-state index is 0.115. The zero-order valence-corrected chi connectivity index (χ0v) is 10.3. The van der Waals surface area contributed by atoms with Crippen molar-refractivity contribution in [3.63, 3.8) is 0 Å². The lowest BCUT2D eigenvalue weighted by molar-refractivity contribution is 0.0936. The van der Waals surface area contributed by atoms with E-state index in [1.807, 2.05) is 0 Å². The predicted molar refractivity (Wildman–Crippen MR) is 60.5 cm³/mol. The van der Waals surface area contributed by atoms with Crippen LogP contribution in [0, 0.1) is 12.2 Å². The Balaban J connectivity index is 2.37. The number of piperidine rings is 1. The number of amides is 1. The Hall–Kier alpha value is -0.780. The number of nitrogens with zero attached hydrogens (tertiary/aromatic N) is 1. The second-order valence-corrected chi connectivity index (χ2v) is 5.86. The van der Waals surface area contributed by atoms with E-state index in [0.29, 0.717) is 32.5 Å². The van der Waals surface area contributed by atoms with E-state index < -0.39 is 9.84 Å². The monoisotopic (exact) mass is 248 g/mol. The largest absolute Gasteiger partial charge is 0.450 e. The zero-order chi connectivity index (χ0) is 12.2. The fourth-order valence-electron chi connectivity index (χ4n) is 1.86. The normalized spacial score (nSPS) is 18.5. The van der Waals surface area contributed by atoms with Crippen LogP contribution in [0.3, 0.4) is 0 Å². The SMILES string of the molecule is [CH2]S(=O)(=O)CC1CCN(C(=O)OCC)CC1. The summed E-state index contributed by atoms with van der Waals surface area (Å²) in [5.74, 6) is 0.233. The molecule has 1 rings (SSSR count). The Morgan fingerprint density at radius 2 is 2.00 bits per heavy atom. The van der Waals surface area contributed by atoms with Crippen molar-refractivity contribution in [1.82, 2.24) is 4.90 Å². The Morgan fingerprint density at radius 1 is 1.44 bits per heavy atom. The van der Waals surface area contributed by atoms with Crippen LogP contribution >= 0.6 is 0 Å². The van der Waals surface area contributed by atoms with Crippen LogP contribution in [0.15, 0.2) is 0 Å². The van der Waals surface area contributed by atoms with Crippen LogP contribution in [0.5, 0.6) is 0 Å². The average molecular weight is 248 g/mol. The van der Waals surface area contributed by atoms with E-state index in [1.54, 1.807) is 11.8 Å². The van der Waals surface area contributed by atoms with Crippen LogP contribution < -0.4 is 0 Å². The minimum atomic E-state index is -3.16. The summed E-state index contributed by atoms with van der Waals surface area (Å²) in [6.45, 7) is 3.27. The lowest BCUT2D eigenvalue weighted by Gasteiger charge is -2.30. The number of ether oxygens (including phenoxy) is 1. The summed E-state index contributed by atoms with van der Waals surface area (Å²) in [5, 5.41) is 0. The highest BCUT2D eigenvalue weighted by Gasteiger charge is 2.25. The van der Waals surface area contributed by atoms with Gasteiger partial charge in [-0.05, 0) is 25.7 Å². The molecular formula is C10H18NO4S. The quantitative estimate of drug-likeness (QED) is 0.749. The molecule has 1 heterocycles. The molecule has 0 atom stereocenters. The van der Waals surface area contributed by atoms with Crippen LogP contribution in [-0.4, -0.2) is 44.9 Å². The van der Waals surface area contributed by atoms with Crippen LogP contribution in [-0.2, 0) is 14.6 Å². The van der Waals surface area contributed by atoms with Gasteiger partial charge in [0.25, 0.3) is 0 Å². The van der Waals surface area contributed by atoms with Gasteiger partial charge in [0.2, 0.25) is 0 Å². The molecule has 93 valence electrons. The van der Waals surface area contributed by atoms with Gasteiger partial charge in [-0.2, -0.15) is 0 Å². The van der Waals surface area contributed by atoms with Crippen molar-refractivity contribution in [2.75, 3.05) is 25.4 Å². The van der Waals surface area contributed by atoms with E-state index in [2.05, 4.69) is 6.26 Å². The number of hydrogen-bond acceptors (Lipinski definition) is 4. The van der Waals surface area contributed by atoms with E-state index >= 15 is 0 Å². The molecule has 0 aromatic carbocycles. The van der Waals surface area contributed by atoms with Gasteiger partial charge in [-0.1, -0.05) is 0 Å². The molecule has 1 saturated heterocycles. The molecular weight excluding hydrogens is 230 g/mol. The van der Waals surface area contributed by atoms with Crippen LogP contribution in [0.1, 0.15) is 19.8 Å². The van der Waals surface area contributed by atoms with E-state index in [-0.39, 0.29) is 17.8 Å². The summed E-state index contributed by atoms with van der Waals surface area (Å²) < 4.78 is 26.9. The first-order valence-corrected chi connectivity index (χ1v) is 7.22. The van der Waals surface area contributed by atoms with Crippen molar-refractivity contribution in [2.45, 2.75) is 19.8 Å². The molecule has 16 heavy (non-hydrogen) atoms. The van der Waals surface area contributed by atoms with Crippen molar-refractivity contribution >= 4 is 15.9 Å². The minimum Gasteiger partial charge on any atom is -0.450 e. The molecule has 6 heteroatoms. The van der Waals surface area contributed by atoms with Gasteiger partial charge in [0.15, 0.2) is 9.84 Å². The Labute approximate surface area is 96.7 Å². The van der Waals surface area contributed by atoms with E-state index in [9.17, 15) is 13.2 Å². The molecule has 0 aromatic rings. The molecule has 1 aliphatic rings. The van der Waals surface area contributed by atoms with E-state index in [1.165, 1.54) is 0 Å². The second-order valence-electron chi connectivity index (χ2n) is 4.04. The summed E-state index contributed by atoms with van der Waals surface area (Å²) in [4.78, 5) is 13.0. The summed E-state index contributed by atoms with van der Waals surface area (Å²) in [6.07, 6.45) is 4.21. The molecule has 0 saturated carbocycles. The van der Waals surface area contributed by atoms with Gasteiger partial charge in [-0.3, -0.25) is 0 Å². The first-order chi connectivity index (χ1) is 7.42. The third-order valence-corrected chi connectivity index (χ3v) is 3.61. The fourth-order valence-corrected chi connectivity index (χ4v) is 2.91. The maximum atomic E-state index is 11.4. The Bertz CT molecular complexity index is 331. The van der Waals surface area contributed by atoms with Crippen molar-refractivity contribution in [2.24, 2.45) is 5.92 Å². The van der Waals surface area contributed by atoms with Crippen LogP contribution in [0.25, 0.3) is 0 Å². The van der Waals surface area contributed by atoms with Crippen molar-refractivity contribution < 1.29 is 17.9 Å². The van der Waals surface area contributed by atoms with E-state index in [4.69, 9.17) is 4.74 Å². The Morgan fingerprint density at radius 3 is 2.44 bits per heavy atom. The van der Waals surface area contributed by atoms with Crippen LogP contribution in [0.2, 0.25) is 0 Å². The number of likely N-dealkylation sites (tertiary alicyclic amines) is 1. The van der Waals surface area contributed by atoms with Gasteiger partial charge in [0, 0.05) is 13.1 Å². The summed E-state index contributed by atoms with van der Waals surface area (Å²) in [5.41, 5.74) is 0. The zero-order valence-electron chi connectivity index (χ0n) is 9.52. The summed E-state index contributed by atoms with van der Waals surface area (Å²) in [6, 6.07) is 0. The lowest BCUT2D eigenvalue weighted by atomic mass is 9.99. The number of carbonyl (C=O) groups is 1. The first-order valence-electron chi connectivity index (χ1n) is 5.40. The summed E-state index contributed by atoms with van der Waals surface area (Å²) >= 11 is 0. The molecule has 0 spiro atoms. The smallest absolute Gasteiger partial charge is 0.409 e. The van der Waals surface area contributed by atoms with Crippen molar-refractivity contribution in [1.29, 1.82) is 0 Å². The fraction of sp³-hybridized carbons (Fsp3) is 0.800. The van der Waals surface area contributed by atoms with Crippen molar-refractivity contribution in [3.05, 3.63) is 6.26 Å². The van der Waals surface area contributed by atoms with Gasteiger partial charge in [0.1, 0.15) is 0 Å². The maximum absolute atomic E-state index is 11.4. The highest BCUT2D eigenvalue weighted by Crippen LogP contribution is 2.19. The molecule has 0 N–H and O–H groups in total. The highest BCUT2D eigenvalue weighted by molar-refractivity contribution is 7.92. The maximum Gasteiger partial charge on any atom is 0.409 e. The first kappa shape index (κ1) is 13.3. The van der Waals surface area contributed by atoms with Gasteiger partial charge in [-0.25, -0.2) is 13.2 Å². The number of carbonyl (C=O) groups excluding carboxylic acids is 1. The molecule has 0 bridgehead atoms. The van der Waals surface area contributed by atoms with Gasteiger partial charge < -0.3 is 9.64 Å². The third-order valence-electron chi connectivity index (χ3n) is 2.63. The highest BCUT2D eigenvalue weighted by atomic mass is 32.2. The molecule has 1 aliphatic heterocycles. The molecule has 1 fully saturated rings. The van der Waals surface area contributed by atoms with Gasteiger partial charge in [0.05, 0.1) is 18.6 Å². The lowest BCUT2D eigenvalue weighted by Crippen LogP contribution is -2.40. The predicted octanol–water partition coefficient (Wildman–Crippen LogP) is 1.06. The number of rotatable bonds is 3. The Kier molecular flexibility index (Phi) is 4.58. The number of sulfone groups is 1. The standard InChI is InChI=1S/C10H18NO4S/c1-3-15-10(12)11-6-4-9(5-7-11)8-16(2,13)14/h9H,2-8H2,1H3. The molecule has 5 nitrogen and oxygen atoms in total. The molecule has 1 amide bonds. The third kappa shape index (κ3) is 4.38. The summed E-state index contributed by atoms with van der Waals surface area (Å²) in [7, 11) is -3.16. The molecule has 0 aliphatic carbocycles. The molecule has 1 radical (unpaired) electrons. The van der Waals surface area contributed by atoms with E-state index in [0.717, 1.165) is 0 Å². The van der Waals surface area contributed by atoms with Crippen LogP contribution in [0.4, 0.5) is 4.79 Å². The molecule has 0 unspecified atom stereocenters. The number of hydrogen-bond donors (Lipinski definition) is 0. The van der Waals surface area contributed by atoms with Crippen molar-refractivity contribution in [3.8, 4) is 0 Å². The topological polar surface area (TPSA) is 63.7 Å². The van der Waals surface area contributed by atoms with Gasteiger partial charge >= 0.3 is 6.09 Å². The molecule has 0 aromatic heterocycles.